The van der Waals surface area contributed by atoms with Crippen LogP contribution < -0.4 is 5.32 Å². The van der Waals surface area contributed by atoms with Crippen molar-refractivity contribution in [2.24, 2.45) is 5.92 Å². The number of rotatable bonds is 4. The molecule has 23 heavy (non-hydrogen) atoms. The van der Waals surface area contributed by atoms with Crippen LogP contribution in [0.1, 0.15) is 41.8 Å². The highest BCUT2D eigenvalue weighted by Crippen LogP contribution is 2.44. The summed E-state index contributed by atoms with van der Waals surface area (Å²) in [5, 5.41) is 15.7. The maximum Gasteiger partial charge on any atom is 0.252 e. The summed E-state index contributed by atoms with van der Waals surface area (Å²) in [5.41, 5.74) is -1.12. The second kappa shape index (κ2) is 5.29. The van der Waals surface area contributed by atoms with Crippen molar-refractivity contribution >= 4 is 5.91 Å². The molecule has 2 aromatic rings. The van der Waals surface area contributed by atoms with Crippen molar-refractivity contribution in [2.45, 2.75) is 32.2 Å². The van der Waals surface area contributed by atoms with E-state index in [1.54, 1.807) is 13.8 Å². The normalized spacial score (nSPS) is 16.9. The van der Waals surface area contributed by atoms with Gasteiger partial charge in [0.1, 0.15) is 5.54 Å². The van der Waals surface area contributed by atoms with Crippen LogP contribution in [0.4, 0.5) is 8.78 Å². The van der Waals surface area contributed by atoms with E-state index >= 15 is 0 Å². The second-order valence-electron chi connectivity index (χ2n) is 5.86. The average Bonchev–Trinajstić information content (AvgIpc) is 3.26. The van der Waals surface area contributed by atoms with E-state index in [0.29, 0.717) is 11.7 Å². The summed E-state index contributed by atoms with van der Waals surface area (Å²) >= 11 is 0. The molecular formula is C15H15F2N3O3. The minimum atomic E-state index is -1.20. The van der Waals surface area contributed by atoms with Crippen LogP contribution in [0, 0.1) is 24.5 Å². The van der Waals surface area contributed by atoms with Crippen LogP contribution in [0.3, 0.4) is 0 Å². The first-order chi connectivity index (χ1) is 10.8. The molecule has 1 amide bonds. The summed E-state index contributed by atoms with van der Waals surface area (Å²) in [6.45, 7) is 3.39. The molecule has 1 unspecified atom stereocenters. The topological polar surface area (TPSA) is 88.2 Å². The van der Waals surface area contributed by atoms with E-state index in [4.69, 9.17) is 9.63 Å². The first kappa shape index (κ1) is 15.4. The fraction of sp³-hybridized carbons (Fsp3) is 0.400. The molecule has 0 aliphatic heterocycles. The van der Waals surface area contributed by atoms with Gasteiger partial charge < -0.3 is 14.9 Å². The van der Waals surface area contributed by atoms with Gasteiger partial charge in [0.2, 0.25) is 5.89 Å². The zero-order valence-electron chi connectivity index (χ0n) is 12.6. The van der Waals surface area contributed by atoms with Gasteiger partial charge in [0, 0.05) is 12.5 Å². The van der Waals surface area contributed by atoms with Crippen LogP contribution in [0.25, 0.3) is 0 Å². The number of nitrogens with one attached hydrogen (secondary N) is 1. The van der Waals surface area contributed by atoms with Gasteiger partial charge in [0.25, 0.3) is 5.91 Å². The van der Waals surface area contributed by atoms with Gasteiger partial charge in [0.05, 0.1) is 0 Å². The van der Waals surface area contributed by atoms with Crippen LogP contribution in [0.5, 0.6) is 5.75 Å². The Morgan fingerprint density at radius 3 is 2.48 bits per heavy atom. The molecule has 0 bridgehead atoms. The molecule has 3 rings (SSSR count). The average molecular weight is 323 g/mol. The van der Waals surface area contributed by atoms with Crippen molar-refractivity contribution in [3.63, 3.8) is 0 Å². The zero-order valence-corrected chi connectivity index (χ0v) is 12.6. The van der Waals surface area contributed by atoms with Crippen molar-refractivity contribution < 1.29 is 23.2 Å². The number of halogens is 2. The van der Waals surface area contributed by atoms with Crippen LogP contribution in [-0.4, -0.2) is 21.2 Å². The summed E-state index contributed by atoms with van der Waals surface area (Å²) in [7, 11) is 0. The van der Waals surface area contributed by atoms with Crippen molar-refractivity contribution in [1.82, 2.24) is 15.5 Å². The second-order valence-corrected chi connectivity index (χ2v) is 5.86. The van der Waals surface area contributed by atoms with Crippen LogP contribution in [0.15, 0.2) is 16.7 Å². The lowest BCUT2D eigenvalue weighted by Crippen LogP contribution is -2.46. The Balaban J connectivity index is 1.90. The van der Waals surface area contributed by atoms with Crippen molar-refractivity contribution in [2.75, 3.05) is 0 Å². The van der Waals surface area contributed by atoms with Crippen LogP contribution in [-0.2, 0) is 5.54 Å². The molecular weight excluding hydrogens is 308 g/mol. The molecule has 2 N–H and O–H groups in total. The number of aromatic hydroxyl groups is 1. The Morgan fingerprint density at radius 2 is 2.00 bits per heavy atom. The Labute approximate surface area is 130 Å². The number of aryl methyl sites for hydroxylation is 1. The Hall–Kier alpha value is -2.51. The molecule has 1 fully saturated rings. The molecule has 1 heterocycles. The Bertz CT molecular complexity index is 750. The minimum absolute atomic E-state index is 0.121. The van der Waals surface area contributed by atoms with E-state index in [1.807, 2.05) is 0 Å². The number of hydrogen-bond donors (Lipinski definition) is 2. The summed E-state index contributed by atoms with van der Waals surface area (Å²) in [6.07, 6.45) is 1.76. The number of benzene rings is 1. The Morgan fingerprint density at radius 1 is 1.39 bits per heavy atom. The Kier molecular flexibility index (Phi) is 3.54. The van der Waals surface area contributed by atoms with Gasteiger partial charge in [-0.3, -0.25) is 4.79 Å². The highest BCUT2D eigenvalue weighted by Gasteiger charge is 2.47. The van der Waals surface area contributed by atoms with Crippen molar-refractivity contribution in [1.29, 1.82) is 0 Å². The third-order valence-corrected chi connectivity index (χ3v) is 4.04. The number of aromatic nitrogens is 2. The molecule has 1 saturated carbocycles. The van der Waals surface area contributed by atoms with Gasteiger partial charge in [-0.1, -0.05) is 5.16 Å². The van der Waals surface area contributed by atoms with Crippen LogP contribution in [0.2, 0.25) is 0 Å². The number of phenolic OH excluding ortho intramolecular Hbond substituents is 1. The van der Waals surface area contributed by atoms with Gasteiger partial charge in [-0.05, 0) is 37.8 Å². The molecule has 122 valence electrons. The lowest BCUT2D eigenvalue weighted by Gasteiger charge is -2.27. The summed E-state index contributed by atoms with van der Waals surface area (Å²) < 4.78 is 31.8. The van der Waals surface area contributed by atoms with Crippen molar-refractivity contribution in [3.8, 4) is 5.75 Å². The predicted molar refractivity (Wildman–Crippen MR) is 74.6 cm³/mol. The number of nitrogens with zero attached hydrogens (tertiary/aromatic N) is 2. The predicted octanol–water partition coefficient (Wildman–Crippen LogP) is 2.42. The molecule has 0 saturated heterocycles. The highest BCUT2D eigenvalue weighted by atomic mass is 19.1. The van der Waals surface area contributed by atoms with Gasteiger partial charge in [-0.2, -0.15) is 4.98 Å². The standard InChI is InChI=1S/C15H15F2N3O3/c1-7-18-14(20-23-7)15(2,9-3-4-9)19-13(22)8-5-10(16)12(21)11(17)6-8/h5-6,9,21H,3-4H2,1-2H3,(H,19,22). The molecule has 1 aromatic carbocycles. The number of amides is 1. The van der Waals surface area contributed by atoms with Gasteiger partial charge >= 0.3 is 0 Å². The number of hydrogen-bond acceptors (Lipinski definition) is 5. The SMILES string of the molecule is Cc1nc(C(C)(NC(=O)c2cc(F)c(O)c(F)c2)C2CC2)no1. The molecule has 1 atom stereocenters. The molecule has 0 spiro atoms. The first-order valence-electron chi connectivity index (χ1n) is 7.12. The fourth-order valence-electron chi connectivity index (χ4n) is 2.52. The third-order valence-electron chi connectivity index (χ3n) is 4.04. The zero-order chi connectivity index (χ0) is 16.8. The summed E-state index contributed by atoms with van der Waals surface area (Å²) in [4.78, 5) is 16.5. The van der Waals surface area contributed by atoms with E-state index in [1.165, 1.54) is 0 Å². The molecule has 8 heteroatoms. The molecule has 6 nitrogen and oxygen atoms in total. The smallest absolute Gasteiger partial charge is 0.252 e. The van der Waals surface area contributed by atoms with Crippen molar-refractivity contribution in [3.05, 3.63) is 41.0 Å². The number of carbonyl (C=O) groups excluding carboxylic acids is 1. The molecule has 1 aliphatic rings. The summed E-state index contributed by atoms with van der Waals surface area (Å²) in [5.74, 6) is -3.37. The highest BCUT2D eigenvalue weighted by molar-refractivity contribution is 5.95. The van der Waals surface area contributed by atoms with Gasteiger partial charge in [-0.15, -0.1) is 0 Å². The first-order valence-corrected chi connectivity index (χ1v) is 7.12. The van der Waals surface area contributed by atoms with E-state index in [9.17, 15) is 13.6 Å². The van der Waals surface area contributed by atoms with E-state index in [2.05, 4.69) is 15.5 Å². The van der Waals surface area contributed by atoms with E-state index in [0.717, 1.165) is 25.0 Å². The van der Waals surface area contributed by atoms with Gasteiger partial charge in [-0.25, -0.2) is 8.78 Å². The van der Waals surface area contributed by atoms with Gasteiger partial charge in [0.15, 0.2) is 23.2 Å². The lowest BCUT2D eigenvalue weighted by atomic mass is 9.94. The maximum absolute atomic E-state index is 13.4. The van der Waals surface area contributed by atoms with E-state index < -0.39 is 28.8 Å². The number of carbonyl (C=O) groups is 1. The van der Waals surface area contributed by atoms with E-state index in [-0.39, 0.29) is 11.5 Å². The number of phenols is 1. The maximum atomic E-state index is 13.4. The molecule has 0 radical (unpaired) electrons. The lowest BCUT2D eigenvalue weighted by molar-refractivity contribution is 0.0884. The summed E-state index contributed by atoms with van der Waals surface area (Å²) in [6, 6.07) is 1.56. The van der Waals surface area contributed by atoms with Crippen LogP contribution >= 0.6 is 0 Å². The monoisotopic (exact) mass is 323 g/mol. The quantitative estimate of drug-likeness (QED) is 0.902. The molecule has 1 aliphatic carbocycles. The largest absolute Gasteiger partial charge is 0.503 e. The minimum Gasteiger partial charge on any atom is -0.503 e. The fourth-order valence-corrected chi connectivity index (χ4v) is 2.52. The molecule has 1 aromatic heterocycles. The third kappa shape index (κ3) is 2.76.